The van der Waals surface area contributed by atoms with Gasteiger partial charge in [-0.3, -0.25) is 0 Å². The highest BCUT2D eigenvalue weighted by Gasteiger charge is 2.27. The molecule has 2 aromatic rings. The molecule has 0 aromatic heterocycles. The van der Waals surface area contributed by atoms with Crippen molar-refractivity contribution >= 4 is 5.97 Å². The number of ether oxygens (including phenoxy) is 4. The van der Waals surface area contributed by atoms with Gasteiger partial charge in [0, 0.05) is 5.56 Å². The van der Waals surface area contributed by atoms with Gasteiger partial charge in [-0.25, -0.2) is 4.79 Å². The molecule has 0 spiro atoms. The molecule has 26 heavy (non-hydrogen) atoms. The lowest BCUT2D eigenvalue weighted by molar-refractivity contribution is -0.149. The summed E-state index contributed by atoms with van der Waals surface area (Å²) < 4.78 is 21.6. The number of carbonyl (C=O) groups excluding carboxylic acids is 1. The van der Waals surface area contributed by atoms with Crippen LogP contribution in [-0.4, -0.2) is 19.9 Å². The van der Waals surface area contributed by atoms with E-state index >= 15 is 0 Å². The molecule has 1 unspecified atom stereocenters. The van der Waals surface area contributed by atoms with E-state index in [2.05, 4.69) is 6.07 Å². The van der Waals surface area contributed by atoms with Crippen LogP contribution in [0, 0.1) is 11.3 Å². The molecule has 0 N–H and O–H groups in total. The smallest absolute Gasteiger partial charge is 0.351 e. The van der Waals surface area contributed by atoms with Gasteiger partial charge >= 0.3 is 5.97 Å². The van der Waals surface area contributed by atoms with E-state index < -0.39 is 12.1 Å². The van der Waals surface area contributed by atoms with Gasteiger partial charge in [0.05, 0.1) is 18.7 Å². The number of carbonyl (C=O) groups is 1. The van der Waals surface area contributed by atoms with E-state index in [1.54, 1.807) is 36.4 Å². The Hall–Kier alpha value is -3.20. The summed E-state index contributed by atoms with van der Waals surface area (Å²) in [5, 5.41) is 9.11. The Labute approximate surface area is 151 Å². The van der Waals surface area contributed by atoms with Crippen molar-refractivity contribution in [1.82, 2.24) is 0 Å². The predicted octanol–water partition coefficient (Wildman–Crippen LogP) is 3.53. The topological polar surface area (TPSA) is 77.8 Å². The van der Waals surface area contributed by atoms with Crippen LogP contribution in [-0.2, 0) is 16.0 Å². The predicted molar refractivity (Wildman–Crippen MR) is 93.1 cm³/mol. The first-order chi connectivity index (χ1) is 12.7. The maximum absolute atomic E-state index is 12.3. The molecule has 134 valence electrons. The van der Waals surface area contributed by atoms with Crippen LogP contribution in [0.15, 0.2) is 36.4 Å². The zero-order valence-electron chi connectivity index (χ0n) is 14.7. The minimum absolute atomic E-state index is 0.152. The lowest BCUT2D eigenvalue weighted by atomic mass is 10.0. The molecule has 2 aromatic carbocycles. The number of rotatable bonds is 6. The maximum Gasteiger partial charge on any atom is 0.351 e. The fraction of sp³-hybridized carbons (Fsp3) is 0.300. The Balaban J connectivity index is 1.95. The number of fused-ring (bicyclic) bond motifs is 1. The molecule has 0 saturated heterocycles. The second-order valence-electron chi connectivity index (χ2n) is 5.82. The molecule has 0 radical (unpaired) electrons. The fourth-order valence-corrected chi connectivity index (χ4v) is 2.79. The van der Waals surface area contributed by atoms with Gasteiger partial charge in [-0.2, -0.15) is 5.26 Å². The third-order valence-electron chi connectivity index (χ3n) is 4.07. The van der Waals surface area contributed by atoms with E-state index in [0.717, 1.165) is 18.4 Å². The zero-order chi connectivity index (χ0) is 18.5. The van der Waals surface area contributed by atoms with Crippen LogP contribution in [0.2, 0.25) is 0 Å². The fourth-order valence-electron chi connectivity index (χ4n) is 2.79. The quantitative estimate of drug-likeness (QED) is 0.739. The maximum atomic E-state index is 12.3. The summed E-state index contributed by atoms with van der Waals surface area (Å²) in [5.74, 6) is 1.23. The van der Waals surface area contributed by atoms with Crippen molar-refractivity contribution in [2.75, 3.05) is 13.9 Å². The SMILES string of the molecule is CCCc1cc(C#N)ccc1OC(C(=O)OC)c1ccc2c(c1)OCO2. The second kappa shape index (κ2) is 7.79. The monoisotopic (exact) mass is 353 g/mol. The summed E-state index contributed by atoms with van der Waals surface area (Å²) >= 11 is 0. The molecular weight excluding hydrogens is 334 g/mol. The Morgan fingerprint density at radius 1 is 1.23 bits per heavy atom. The Morgan fingerprint density at radius 2 is 2.04 bits per heavy atom. The molecule has 1 aliphatic heterocycles. The van der Waals surface area contributed by atoms with Crippen molar-refractivity contribution in [3.63, 3.8) is 0 Å². The molecule has 1 aliphatic rings. The van der Waals surface area contributed by atoms with E-state index in [1.165, 1.54) is 7.11 Å². The van der Waals surface area contributed by atoms with Crippen molar-refractivity contribution in [3.05, 3.63) is 53.1 Å². The molecule has 0 aliphatic carbocycles. The molecule has 0 fully saturated rings. The Bertz CT molecular complexity index is 856. The molecule has 0 saturated carbocycles. The van der Waals surface area contributed by atoms with Crippen molar-refractivity contribution in [1.29, 1.82) is 5.26 Å². The number of hydrogen-bond donors (Lipinski definition) is 0. The van der Waals surface area contributed by atoms with Gasteiger partial charge in [0.1, 0.15) is 5.75 Å². The molecule has 0 bridgehead atoms. The van der Waals surface area contributed by atoms with Crippen molar-refractivity contribution < 1.29 is 23.7 Å². The van der Waals surface area contributed by atoms with Gasteiger partial charge in [0.15, 0.2) is 11.5 Å². The number of nitriles is 1. The highest BCUT2D eigenvalue weighted by atomic mass is 16.7. The van der Waals surface area contributed by atoms with Gasteiger partial charge in [-0.1, -0.05) is 19.4 Å². The molecule has 0 amide bonds. The summed E-state index contributed by atoms with van der Waals surface area (Å²) in [4.78, 5) is 12.3. The highest BCUT2D eigenvalue weighted by Crippen LogP contribution is 2.36. The first-order valence-electron chi connectivity index (χ1n) is 8.33. The number of esters is 1. The van der Waals surface area contributed by atoms with E-state index in [0.29, 0.717) is 28.4 Å². The summed E-state index contributed by atoms with van der Waals surface area (Å²) in [6, 6.07) is 12.5. The minimum Gasteiger partial charge on any atom is -0.474 e. The molecule has 1 atom stereocenters. The van der Waals surface area contributed by atoms with Crippen molar-refractivity contribution in [2.45, 2.75) is 25.9 Å². The normalized spacial score (nSPS) is 13.0. The zero-order valence-corrected chi connectivity index (χ0v) is 14.7. The molecule has 6 nitrogen and oxygen atoms in total. The van der Waals surface area contributed by atoms with Gasteiger partial charge in [0.25, 0.3) is 0 Å². The summed E-state index contributed by atoms with van der Waals surface area (Å²) in [6.45, 7) is 2.19. The second-order valence-corrected chi connectivity index (χ2v) is 5.82. The van der Waals surface area contributed by atoms with Gasteiger partial charge in [-0.15, -0.1) is 0 Å². The van der Waals surface area contributed by atoms with Gasteiger partial charge in [0.2, 0.25) is 12.9 Å². The largest absolute Gasteiger partial charge is 0.474 e. The summed E-state index contributed by atoms with van der Waals surface area (Å²) in [7, 11) is 1.32. The standard InChI is InChI=1S/C20H19NO5/c1-3-4-14-9-13(11-21)5-7-16(14)26-19(20(22)23-2)15-6-8-17-18(10-15)25-12-24-17/h5-10,19H,3-4,12H2,1-2H3. The van der Waals surface area contributed by atoms with Crippen molar-refractivity contribution in [2.24, 2.45) is 0 Å². The third-order valence-corrected chi connectivity index (χ3v) is 4.07. The number of methoxy groups -OCH3 is 1. The van der Waals surface area contributed by atoms with Gasteiger partial charge < -0.3 is 18.9 Å². The lowest BCUT2D eigenvalue weighted by Crippen LogP contribution is -2.20. The van der Waals surface area contributed by atoms with Crippen LogP contribution in [0.1, 0.15) is 36.1 Å². The van der Waals surface area contributed by atoms with Crippen LogP contribution in [0.25, 0.3) is 0 Å². The minimum atomic E-state index is -0.946. The van der Waals surface area contributed by atoms with Crippen LogP contribution in [0.3, 0.4) is 0 Å². The van der Waals surface area contributed by atoms with E-state index in [9.17, 15) is 4.79 Å². The average Bonchev–Trinajstić information content (AvgIpc) is 3.14. The highest BCUT2D eigenvalue weighted by molar-refractivity contribution is 5.77. The van der Waals surface area contributed by atoms with E-state index in [1.807, 2.05) is 6.92 Å². The molecule has 3 rings (SSSR count). The van der Waals surface area contributed by atoms with Gasteiger partial charge in [-0.05, 0) is 42.3 Å². The van der Waals surface area contributed by atoms with Crippen LogP contribution in [0.4, 0.5) is 0 Å². The lowest BCUT2D eigenvalue weighted by Gasteiger charge is -2.20. The first-order valence-corrected chi connectivity index (χ1v) is 8.33. The van der Waals surface area contributed by atoms with Crippen molar-refractivity contribution in [3.8, 4) is 23.3 Å². The van der Waals surface area contributed by atoms with E-state index in [4.69, 9.17) is 24.2 Å². The molecular formula is C20H19NO5. The van der Waals surface area contributed by atoms with Crippen LogP contribution in [0.5, 0.6) is 17.2 Å². The number of benzene rings is 2. The third kappa shape index (κ3) is 3.57. The van der Waals surface area contributed by atoms with E-state index in [-0.39, 0.29) is 6.79 Å². The number of hydrogen-bond acceptors (Lipinski definition) is 6. The summed E-state index contributed by atoms with van der Waals surface area (Å²) in [6.07, 6.45) is 0.677. The average molecular weight is 353 g/mol. The number of nitrogens with zero attached hydrogens (tertiary/aromatic N) is 1. The Kier molecular flexibility index (Phi) is 5.28. The molecule has 1 heterocycles. The number of aryl methyl sites for hydroxylation is 1. The van der Waals surface area contributed by atoms with Crippen LogP contribution < -0.4 is 14.2 Å². The molecule has 6 heteroatoms. The first kappa shape index (κ1) is 17.6. The van der Waals surface area contributed by atoms with Crippen LogP contribution >= 0.6 is 0 Å². The summed E-state index contributed by atoms with van der Waals surface area (Å²) in [5.41, 5.74) is 2.03. The Morgan fingerprint density at radius 3 is 2.77 bits per heavy atom.